The van der Waals surface area contributed by atoms with Crippen molar-refractivity contribution in [1.29, 1.82) is 0 Å². The molecule has 0 bridgehead atoms. The van der Waals surface area contributed by atoms with E-state index in [4.69, 9.17) is 9.84 Å². The van der Waals surface area contributed by atoms with Crippen molar-refractivity contribution in [3.8, 4) is 5.75 Å². The van der Waals surface area contributed by atoms with E-state index in [1.807, 2.05) is 13.8 Å². The van der Waals surface area contributed by atoms with Gasteiger partial charge in [-0.1, -0.05) is 19.9 Å². The van der Waals surface area contributed by atoms with Crippen LogP contribution in [0.5, 0.6) is 5.75 Å². The Morgan fingerprint density at radius 1 is 1.50 bits per heavy atom. The van der Waals surface area contributed by atoms with Crippen molar-refractivity contribution < 1.29 is 14.6 Å². The van der Waals surface area contributed by atoms with Crippen molar-refractivity contribution in [3.63, 3.8) is 0 Å². The molecule has 18 heavy (non-hydrogen) atoms. The molecule has 1 aromatic carbocycles. The summed E-state index contributed by atoms with van der Waals surface area (Å²) in [5.74, 6) is 0.873. The van der Waals surface area contributed by atoms with Gasteiger partial charge in [0.1, 0.15) is 5.75 Å². The molecule has 0 aliphatic carbocycles. The number of aliphatic hydroxyl groups is 1. The normalized spacial score (nSPS) is 10.5. The molecule has 0 heterocycles. The van der Waals surface area contributed by atoms with Crippen LogP contribution in [0.3, 0.4) is 0 Å². The van der Waals surface area contributed by atoms with E-state index >= 15 is 0 Å². The quantitative estimate of drug-likeness (QED) is 0.845. The monoisotopic (exact) mass is 315 g/mol. The number of carbonyl (C=O) groups excluding carboxylic acids is 1. The Labute approximate surface area is 115 Å². The summed E-state index contributed by atoms with van der Waals surface area (Å²) in [6.07, 6.45) is 0. The highest BCUT2D eigenvalue weighted by atomic mass is 79.9. The molecule has 0 saturated heterocycles. The number of aliphatic hydroxyl groups excluding tert-OH is 1. The predicted molar refractivity (Wildman–Crippen MR) is 73.4 cm³/mol. The summed E-state index contributed by atoms with van der Waals surface area (Å²) in [6, 6.07) is 5.25. The van der Waals surface area contributed by atoms with Gasteiger partial charge in [-0.15, -0.1) is 0 Å². The van der Waals surface area contributed by atoms with Crippen LogP contribution in [0.2, 0.25) is 0 Å². The Hall–Kier alpha value is -1.07. The van der Waals surface area contributed by atoms with E-state index in [-0.39, 0.29) is 19.1 Å². The molecule has 0 radical (unpaired) electrons. The number of carbonyl (C=O) groups is 1. The Morgan fingerprint density at radius 2 is 2.22 bits per heavy atom. The van der Waals surface area contributed by atoms with Crippen LogP contribution in [0.1, 0.15) is 19.4 Å². The largest absolute Gasteiger partial charge is 0.483 e. The highest BCUT2D eigenvalue weighted by Crippen LogP contribution is 2.25. The fourth-order valence-electron chi connectivity index (χ4n) is 1.27. The standard InChI is InChI=1S/C13H18BrNO3/c1-9(2)6-15-13(17)8-18-12-4-3-10(7-16)5-11(12)14/h3-5,9,16H,6-8H2,1-2H3,(H,15,17). The Kier molecular flexibility index (Phi) is 6.15. The number of hydrogen-bond donors (Lipinski definition) is 2. The van der Waals surface area contributed by atoms with Gasteiger partial charge in [0.15, 0.2) is 6.61 Å². The third-order valence-corrected chi connectivity index (χ3v) is 2.86. The number of nitrogens with one attached hydrogen (secondary N) is 1. The lowest BCUT2D eigenvalue weighted by molar-refractivity contribution is -0.123. The molecule has 0 aromatic heterocycles. The van der Waals surface area contributed by atoms with E-state index in [0.29, 0.717) is 18.2 Å². The summed E-state index contributed by atoms with van der Waals surface area (Å²) in [4.78, 5) is 11.5. The maximum atomic E-state index is 11.5. The summed E-state index contributed by atoms with van der Waals surface area (Å²) in [6.45, 7) is 4.68. The first-order valence-electron chi connectivity index (χ1n) is 5.81. The van der Waals surface area contributed by atoms with Gasteiger partial charge in [-0.2, -0.15) is 0 Å². The average molecular weight is 316 g/mol. The second kappa shape index (κ2) is 7.38. The van der Waals surface area contributed by atoms with E-state index in [9.17, 15) is 4.79 Å². The van der Waals surface area contributed by atoms with E-state index in [1.54, 1.807) is 18.2 Å². The highest BCUT2D eigenvalue weighted by Gasteiger charge is 2.06. The van der Waals surface area contributed by atoms with Crippen LogP contribution < -0.4 is 10.1 Å². The molecule has 100 valence electrons. The summed E-state index contributed by atoms with van der Waals surface area (Å²) in [5.41, 5.74) is 0.790. The summed E-state index contributed by atoms with van der Waals surface area (Å²) in [7, 11) is 0. The molecular formula is C13H18BrNO3. The second-order valence-corrected chi connectivity index (χ2v) is 5.26. The van der Waals surface area contributed by atoms with Crippen molar-refractivity contribution in [3.05, 3.63) is 28.2 Å². The molecule has 0 atom stereocenters. The number of rotatable bonds is 6. The van der Waals surface area contributed by atoms with Gasteiger partial charge < -0.3 is 15.2 Å². The van der Waals surface area contributed by atoms with Crippen LogP contribution in [-0.4, -0.2) is 24.2 Å². The van der Waals surface area contributed by atoms with Gasteiger partial charge in [-0.3, -0.25) is 4.79 Å². The predicted octanol–water partition coefficient (Wildman–Crippen LogP) is 2.09. The number of amides is 1. The first kappa shape index (κ1) is 15.0. The van der Waals surface area contributed by atoms with E-state index in [0.717, 1.165) is 10.0 Å². The molecule has 1 rings (SSSR count). The lowest BCUT2D eigenvalue weighted by Gasteiger charge is -2.10. The van der Waals surface area contributed by atoms with Crippen LogP contribution >= 0.6 is 15.9 Å². The van der Waals surface area contributed by atoms with Crippen LogP contribution in [0.4, 0.5) is 0 Å². The number of halogens is 1. The fraction of sp³-hybridized carbons (Fsp3) is 0.462. The van der Waals surface area contributed by atoms with Crippen molar-refractivity contribution in [2.45, 2.75) is 20.5 Å². The molecule has 4 nitrogen and oxygen atoms in total. The zero-order valence-electron chi connectivity index (χ0n) is 10.6. The first-order valence-corrected chi connectivity index (χ1v) is 6.61. The maximum absolute atomic E-state index is 11.5. The number of hydrogen-bond acceptors (Lipinski definition) is 3. The molecule has 0 unspecified atom stereocenters. The Bertz CT molecular complexity index is 407. The average Bonchev–Trinajstić information content (AvgIpc) is 2.34. The van der Waals surface area contributed by atoms with Gasteiger partial charge in [0.05, 0.1) is 11.1 Å². The summed E-state index contributed by atoms with van der Waals surface area (Å²) in [5, 5.41) is 11.7. The van der Waals surface area contributed by atoms with Crippen molar-refractivity contribution >= 4 is 21.8 Å². The lowest BCUT2D eigenvalue weighted by Crippen LogP contribution is -2.31. The van der Waals surface area contributed by atoms with Gasteiger partial charge in [-0.05, 0) is 39.5 Å². The molecule has 0 saturated carbocycles. The molecule has 1 amide bonds. The van der Waals surface area contributed by atoms with Gasteiger partial charge >= 0.3 is 0 Å². The minimum absolute atomic E-state index is 0.0101. The molecule has 5 heteroatoms. The molecule has 0 aliphatic rings. The van der Waals surface area contributed by atoms with Gasteiger partial charge in [0.2, 0.25) is 0 Å². The lowest BCUT2D eigenvalue weighted by atomic mass is 10.2. The minimum atomic E-state index is -0.137. The molecule has 0 fully saturated rings. The number of ether oxygens (including phenoxy) is 1. The van der Waals surface area contributed by atoms with Gasteiger partial charge in [-0.25, -0.2) is 0 Å². The first-order chi connectivity index (χ1) is 8.52. The smallest absolute Gasteiger partial charge is 0.257 e. The van der Waals surface area contributed by atoms with Crippen molar-refractivity contribution in [1.82, 2.24) is 5.32 Å². The third-order valence-electron chi connectivity index (χ3n) is 2.25. The molecule has 0 spiro atoms. The van der Waals surface area contributed by atoms with Crippen LogP contribution in [0.15, 0.2) is 22.7 Å². The number of benzene rings is 1. The maximum Gasteiger partial charge on any atom is 0.257 e. The minimum Gasteiger partial charge on any atom is -0.483 e. The van der Waals surface area contributed by atoms with E-state index in [1.165, 1.54) is 0 Å². The van der Waals surface area contributed by atoms with Crippen LogP contribution in [-0.2, 0) is 11.4 Å². The van der Waals surface area contributed by atoms with E-state index in [2.05, 4.69) is 21.2 Å². The third kappa shape index (κ3) is 5.06. The zero-order valence-corrected chi connectivity index (χ0v) is 12.2. The van der Waals surface area contributed by atoms with Gasteiger partial charge in [0, 0.05) is 6.54 Å². The molecule has 1 aromatic rings. The van der Waals surface area contributed by atoms with E-state index < -0.39 is 0 Å². The Balaban J connectivity index is 2.46. The molecular weight excluding hydrogens is 298 g/mol. The van der Waals surface area contributed by atoms with Crippen molar-refractivity contribution in [2.75, 3.05) is 13.2 Å². The SMILES string of the molecule is CC(C)CNC(=O)COc1ccc(CO)cc1Br. The summed E-state index contributed by atoms with van der Waals surface area (Å²) >= 11 is 3.33. The molecule has 2 N–H and O–H groups in total. The molecule has 0 aliphatic heterocycles. The topological polar surface area (TPSA) is 58.6 Å². The highest BCUT2D eigenvalue weighted by molar-refractivity contribution is 9.10. The second-order valence-electron chi connectivity index (χ2n) is 4.41. The van der Waals surface area contributed by atoms with Crippen LogP contribution in [0, 0.1) is 5.92 Å². The fourth-order valence-corrected chi connectivity index (χ4v) is 1.81. The van der Waals surface area contributed by atoms with Crippen molar-refractivity contribution in [2.24, 2.45) is 5.92 Å². The van der Waals surface area contributed by atoms with Gasteiger partial charge in [0.25, 0.3) is 5.91 Å². The van der Waals surface area contributed by atoms with Crippen LogP contribution in [0.25, 0.3) is 0 Å². The zero-order chi connectivity index (χ0) is 13.5. The Morgan fingerprint density at radius 3 is 2.78 bits per heavy atom. The summed E-state index contributed by atoms with van der Waals surface area (Å²) < 4.78 is 6.12.